The first-order valence-electron chi connectivity index (χ1n) is 3.70. The third kappa shape index (κ3) is 2.17. The molecule has 0 atom stereocenters. The highest BCUT2D eigenvalue weighted by Gasteiger charge is 2.26. The summed E-state index contributed by atoms with van der Waals surface area (Å²) in [5, 5.41) is 10.1. The van der Waals surface area contributed by atoms with Gasteiger partial charge in [-0.15, -0.1) is 0 Å². The highest BCUT2D eigenvalue weighted by atomic mass is 79.9. The molecule has 4 nitrogen and oxygen atoms in total. The molecule has 0 radical (unpaired) electrons. The Morgan fingerprint density at radius 2 is 2.07 bits per heavy atom. The lowest BCUT2D eigenvalue weighted by atomic mass is 10.1. The first-order valence-corrected chi connectivity index (χ1v) is 4.82. The molecular formula is C8H4BrF2NO3. The molecule has 0 bridgehead atoms. The average Bonchev–Trinajstić information content (AvgIpc) is 2.16. The molecule has 15 heavy (non-hydrogen) atoms. The maximum atomic E-state index is 13.3. The fourth-order valence-electron chi connectivity index (χ4n) is 0.996. The molecule has 7 heteroatoms. The van der Waals surface area contributed by atoms with Crippen LogP contribution in [-0.2, 0) is 0 Å². The third-order valence-corrected chi connectivity index (χ3v) is 2.18. The Kier molecular flexibility index (Phi) is 3.46. The zero-order valence-corrected chi connectivity index (χ0v) is 8.75. The molecule has 0 aromatic heterocycles. The molecular weight excluding hydrogens is 276 g/mol. The molecule has 1 rings (SSSR count). The van der Waals surface area contributed by atoms with E-state index in [0.29, 0.717) is 6.07 Å². The number of nitro groups is 1. The van der Waals surface area contributed by atoms with Crippen molar-refractivity contribution in [1.29, 1.82) is 0 Å². The second-order valence-corrected chi connectivity index (χ2v) is 3.13. The van der Waals surface area contributed by atoms with Crippen LogP contribution < -0.4 is 0 Å². The third-order valence-electron chi connectivity index (χ3n) is 1.67. The Labute approximate surface area is 91.2 Å². The molecule has 0 saturated heterocycles. The zero-order chi connectivity index (χ0) is 11.6. The number of carbonyl (C=O) groups is 1. The molecule has 0 saturated carbocycles. The number of hydrogen-bond donors (Lipinski definition) is 0. The number of carbonyl (C=O) groups excluding carboxylic acids is 1. The van der Waals surface area contributed by atoms with E-state index in [0.717, 1.165) is 6.07 Å². The maximum absolute atomic E-state index is 13.3. The molecule has 0 aliphatic carbocycles. The number of nitrogens with zero attached hydrogens (tertiary/aromatic N) is 1. The standard InChI is InChI=1S/C8H4BrF2NO3/c9-3-6(13)4-1-2-5(10)8(7(4)11)12(14)15/h1-2H,3H2. The van der Waals surface area contributed by atoms with Crippen molar-refractivity contribution < 1.29 is 18.5 Å². The van der Waals surface area contributed by atoms with Crippen molar-refractivity contribution in [3.8, 4) is 0 Å². The second kappa shape index (κ2) is 4.43. The molecule has 0 fully saturated rings. The van der Waals surface area contributed by atoms with Gasteiger partial charge in [-0.25, -0.2) is 0 Å². The first-order chi connectivity index (χ1) is 6.99. The lowest BCUT2D eigenvalue weighted by molar-refractivity contribution is -0.390. The average molecular weight is 280 g/mol. The number of nitro benzene ring substituents is 1. The SMILES string of the molecule is O=C(CBr)c1ccc(F)c([N+](=O)[O-])c1F. The van der Waals surface area contributed by atoms with Crippen LogP contribution in [0.15, 0.2) is 12.1 Å². The topological polar surface area (TPSA) is 60.2 Å². The minimum Gasteiger partial charge on any atom is -0.293 e. The largest absolute Gasteiger partial charge is 0.340 e. The van der Waals surface area contributed by atoms with E-state index in [1.54, 1.807) is 0 Å². The van der Waals surface area contributed by atoms with Gasteiger partial charge >= 0.3 is 5.69 Å². The molecule has 0 aliphatic heterocycles. The van der Waals surface area contributed by atoms with E-state index >= 15 is 0 Å². The van der Waals surface area contributed by atoms with Crippen LogP contribution in [0, 0.1) is 21.7 Å². The monoisotopic (exact) mass is 279 g/mol. The summed E-state index contributed by atoms with van der Waals surface area (Å²) >= 11 is 2.79. The summed E-state index contributed by atoms with van der Waals surface area (Å²) in [6, 6.07) is 1.57. The van der Waals surface area contributed by atoms with Gasteiger partial charge in [0.2, 0.25) is 11.6 Å². The summed E-state index contributed by atoms with van der Waals surface area (Å²) in [4.78, 5) is 20.2. The van der Waals surface area contributed by atoms with Crippen molar-refractivity contribution in [2.75, 3.05) is 5.33 Å². The molecule has 80 valence electrons. The summed E-state index contributed by atoms with van der Waals surface area (Å²) in [5.74, 6) is -3.43. The van der Waals surface area contributed by atoms with Gasteiger partial charge in [-0.2, -0.15) is 8.78 Å². The van der Waals surface area contributed by atoms with Gasteiger partial charge in [0, 0.05) is 0 Å². The van der Waals surface area contributed by atoms with Crippen molar-refractivity contribution >= 4 is 27.4 Å². The second-order valence-electron chi connectivity index (χ2n) is 2.57. The fourth-order valence-corrected chi connectivity index (χ4v) is 1.30. The Morgan fingerprint density at radius 3 is 2.53 bits per heavy atom. The predicted octanol–water partition coefficient (Wildman–Crippen LogP) is 2.45. The van der Waals surface area contributed by atoms with Gasteiger partial charge in [0.15, 0.2) is 5.78 Å². The van der Waals surface area contributed by atoms with Crippen LogP contribution >= 0.6 is 15.9 Å². The van der Waals surface area contributed by atoms with Crippen molar-refractivity contribution in [2.24, 2.45) is 0 Å². The molecule has 0 spiro atoms. The minimum absolute atomic E-state index is 0.188. The number of Topliss-reactive ketones (excluding diaryl/α,β-unsaturated/α-hetero) is 1. The van der Waals surface area contributed by atoms with E-state index in [-0.39, 0.29) is 5.33 Å². The van der Waals surface area contributed by atoms with Crippen molar-refractivity contribution in [3.63, 3.8) is 0 Å². The molecule has 0 unspecified atom stereocenters. The lowest BCUT2D eigenvalue weighted by Gasteiger charge is -2.01. The summed E-state index contributed by atoms with van der Waals surface area (Å²) in [7, 11) is 0. The number of benzene rings is 1. The first kappa shape index (κ1) is 11.7. The number of ketones is 1. The zero-order valence-electron chi connectivity index (χ0n) is 7.17. The highest BCUT2D eigenvalue weighted by molar-refractivity contribution is 9.09. The van der Waals surface area contributed by atoms with Crippen LogP contribution in [0.5, 0.6) is 0 Å². The van der Waals surface area contributed by atoms with Crippen LogP contribution in [0.25, 0.3) is 0 Å². The smallest absolute Gasteiger partial charge is 0.293 e. The van der Waals surface area contributed by atoms with Gasteiger partial charge in [0.1, 0.15) is 0 Å². The van der Waals surface area contributed by atoms with Gasteiger partial charge in [-0.05, 0) is 12.1 Å². The van der Waals surface area contributed by atoms with E-state index < -0.39 is 33.6 Å². The van der Waals surface area contributed by atoms with E-state index in [2.05, 4.69) is 15.9 Å². The van der Waals surface area contributed by atoms with E-state index in [4.69, 9.17) is 0 Å². The summed E-state index contributed by atoms with van der Waals surface area (Å²) in [6.07, 6.45) is 0. The fraction of sp³-hybridized carbons (Fsp3) is 0.125. The summed E-state index contributed by atoms with van der Waals surface area (Å²) in [6.45, 7) is 0. The van der Waals surface area contributed by atoms with Gasteiger partial charge in [0.05, 0.1) is 15.8 Å². The number of halogens is 3. The predicted molar refractivity (Wildman–Crippen MR) is 51.1 cm³/mol. The van der Waals surface area contributed by atoms with Crippen molar-refractivity contribution in [1.82, 2.24) is 0 Å². The maximum Gasteiger partial charge on any atom is 0.340 e. The molecule has 1 aromatic carbocycles. The number of alkyl halides is 1. The highest BCUT2D eigenvalue weighted by Crippen LogP contribution is 2.24. The Balaban J connectivity index is 3.41. The van der Waals surface area contributed by atoms with Gasteiger partial charge in [0.25, 0.3) is 0 Å². The van der Waals surface area contributed by atoms with Crippen LogP contribution in [0.3, 0.4) is 0 Å². The van der Waals surface area contributed by atoms with Crippen LogP contribution in [0.4, 0.5) is 14.5 Å². The van der Waals surface area contributed by atoms with E-state index in [1.165, 1.54) is 0 Å². The van der Waals surface area contributed by atoms with Crippen LogP contribution in [0.2, 0.25) is 0 Å². The lowest BCUT2D eigenvalue weighted by Crippen LogP contribution is -2.07. The van der Waals surface area contributed by atoms with E-state index in [1.807, 2.05) is 0 Å². The minimum atomic E-state index is -1.44. The number of hydrogen-bond acceptors (Lipinski definition) is 3. The molecule has 0 amide bonds. The van der Waals surface area contributed by atoms with Gasteiger partial charge in [-0.1, -0.05) is 15.9 Å². The van der Waals surface area contributed by atoms with Crippen molar-refractivity contribution in [3.05, 3.63) is 39.4 Å². The van der Waals surface area contributed by atoms with Crippen LogP contribution in [0.1, 0.15) is 10.4 Å². The molecule has 0 heterocycles. The Hall–Kier alpha value is -1.37. The van der Waals surface area contributed by atoms with E-state index in [9.17, 15) is 23.7 Å². The van der Waals surface area contributed by atoms with Crippen LogP contribution in [-0.4, -0.2) is 16.0 Å². The Bertz CT molecular complexity index is 436. The Morgan fingerprint density at radius 1 is 1.47 bits per heavy atom. The van der Waals surface area contributed by atoms with Crippen molar-refractivity contribution in [2.45, 2.75) is 0 Å². The summed E-state index contributed by atoms with van der Waals surface area (Å²) < 4.78 is 26.1. The normalized spacial score (nSPS) is 10.1. The molecule has 1 aromatic rings. The van der Waals surface area contributed by atoms with Gasteiger partial charge < -0.3 is 0 Å². The molecule has 0 aliphatic rings. The van der Waals surface area contributed by atoms with Gasteiger partial charge in [-0.3, -0.25) is 14.9 Å². The summed E-state index contributed by atoms with van der Waals surface area (Å²) in [5.41, 5.74) is -1.80. The number of rotatable bonds is 3. The quantitative estimate of drug-likeness (QED) is 0.370. The molecule has 0 N–H and O–H groups in total.